The van der Waals surface area contributed by atoms with Gasteiger partial charge in [-0.1, -0.05) is 30.3 Å². The van der Waals surface area contributed by atoms with Gasteiger partial charge < -0.3 is 0 Å². The number of ketones is 1. The van der Waals surface area contributed by atoms with E-state index < -0.39 is 27.0 Å². The number of carbonyl (C=O) groups is 1. The Bertz CT molecular complexity index is 697. The Hall–Kier alpha value is -3.09. The van der Waals surface area contributed by atoms with Crippen LogP contribution in [0.5, 0.6) is 0 Å². The highest BCUT2D eigenvalue weighted by Gasteiger charge is 2.25. The Balaban J connectivity index is 2.49. The summed E-state index contributed by atoms with van der Waals surface area (Å²) < 4.78 is 0. The largest absolute Gasteiger partial charge is 0.346 e. The molecule has 0 aliphatic carbocycles. The third-order valence-corrected chi connectivity index (χ3v) is 2.67. The van der Waals surface area contributed by atoms with Crippen LogP contribution in [0.15, 0.2) is 48.5 Å². The summed E-state index contributed by atoms with van der Waals surface area (Å²) in [5, 5.41) is 21.5. The van der Waals surface area contributed by atoms with Crippen molar-refractivity contribution in [3.63, 3.8) is 0 Å². The van der Waals surface area contributed by atoms with Crippen molar-refractivity contribution in [3.05, 3.63) is 79.9 Å². The molecule has 20 heavy (non-hydrogen) atoms. The molecule has 0 aliphatic heterocycles. The van der Waals surface area contributed by atoms with E-state index in [1.54, 1.807) is 30.3 Å². The van der Waals surface area contributed by atoms with Crippen LogP contribution < -0.4 is 0 Å². The number of hydrogen-bond acceptors (Lipinski definition) is 5. The molecule has 0 unspecified atom stereocenters. The van der Waals surface area contributed by atoms with Crippen molar-refractivity contribution in [2.24, 2.45) is 0 Å². The molecule has 0 fully saturated rings. The van der Waals surface area contributed by atoms with Gasteiger partial charge in [0.25, 0.3) is 0 Å². The highest BCUT2D eigenvalue weighted by molar-refractivity contribution is 6.09. The Morgan fingerprint density at radius 1 is 0.800 bits per heavy atom. The average molecular weight is 272 g/mol. The van der Waals surface area contributed by atoms with Gasteiger partial charge in [0, 0.05) is 23.3 Å². The van der Waals surface area contributed by atoms with Gasteiger partial charge in [-0.05, 0) is 6.07 Å². The van der Waals surface area contributed by atoms with Gasteiger partial charge in [0.2, 0.25) is 0 Å². The first kappa shape index (κ1) is 13.3. The highest BCUT2D eigenvalue weighted by Crippen LogP contribution is 2.28. The van der Waals surface area contributed by atoms with E-state index in [1.807, 2.05) is 0 Å². The quantitative estimate of drug-likeness (QED) is 0.483. The summed E-state index contributed by atoms with van der Waals surface area (Å²) in [6.07, 6.45) is 0. The number of hydrogen-bond donors (Lipinski definition) is 0. The van der Waals surface area contributed by atoms with E-state index in [-0.39, 0.29) is 5.56 Å². The molecule has 7 heteroatoms. The predicted octanol–water partition coefficient (Wildman–Crippen LogP) is 2.73. The number of nitro benzene ring substituents is 2. The summed E-state index contributed by atoms with van der Waals surface area (Å²) in [6, 6.07) is 11.3. The molecule has 0 spiro atoms. The van der Waals surface area contributed by atoms with E-state index in [9.17, 15) is 25.0 Å². The van der Waals surface area contributed by atoms with Crippen LogP contribution in [0.25, 0.3) is 0 Å². The van der Waals surface area contributed by atoms with Crippen molar-refractivity contribution < 1.29 is 14.6 Å². The molecule has 0 atom stereocenters. The number of carbonyl (C=O) groups excluding carboxylic acids is 1. The zero-order valence-electron chi connectivity index (χ0n) is 10.1. The van der Waals surface area contributed by atoms with Crippen LogP contribution >= 0.6 is 0 Å². The monoisotopic (exact) mass is 272 g/mol. The van der Waals surface area contributed by atoms with Crippen molar-refractivity contribution in [2.75, 3.05) is 0 Å². The lowest BCUT2D eigenvalue weighted by Crippen LogP contribution is -2.03. The molecule has 0 N–H and O–H groups in total. The molecule has 2 aromatic rings. The van der Waals surface area contributed by atoms with E-state index in [2.05, 4.69) is 0 Å². The third kappa shape index (κ3) is 2.51. The van der Waals surface area contributed by atoms with Gasteiger partial charge in [-0.3, -0.25) is 25.0 Å². The van der Waals surface area contributed by atoms with Crippen LogP contribution in [0.3, 0.4) is 0 Å². The van der Waals surface area contributed by atoms with E-state index in [0.29, 0.717) is 5.56 Å². The number of benzene rings is 2. The lowest BCUT2D eigenvalue weighted by atomic mass is 10.0. The standard InChI is InChI=1S/C13H8N2O5/c16-13(9-4-2-1-3-5-9)10-6-7-11(14(17)18)12(8-10)15(19)20/h1-8H. The minimum atomic E-state index is -0.875. The van der Waals surface area contributed by atoms with Crippen molar-refractivity contribution in [1.29, 1.82) is 0 Å². The number of nitro groups is 2. The van der Waals surface area contributed by atoms with E-state index >= 15 is 0 Å². The Labute approximate surface area is 112 Å². The summed E-state index contributed by atoms with van der Waals surface area (Å²) in [5.41, 5.74) is -0.944. The van der Waals surface area contributed by atoms with Crippen LogP contribution in [0, 0.1) is 20.2 Å². The summed E-state index contributed by atoms with van der Waals surface area (Å²) in [4.78, 5) is 31.9. The molecular formula is C13H8N2O5. The van der Waals surface area contributed by atoms with Crippen LogP contribution in [0.4, 0.5) is 11.4 Å². The summed E-state index contributed by atoms with van der Waals surface area (Å²) in [5.74, 6) is -0.427. The maximum atomic E-state index is 12.1. The Morgan fingerprint density at radius 2 is 1.40 bits per heavy atom. The van der Waals surface area contributed by atoms with Gasteiger partial charge in [-0.25, -0.2) is 0 Å². The fourth-order valence-electron chi connectivity index (χ4n) is 1.72. The molecule has 2 rings (SSSR count). The molecule has 0 bridgehead atoms. The summed E-state index contributed by atoms with van der Waals surface area (Å²) in [7, 11) is 0. The number of nitrogens with zero attached hydrogens (tertiary/aromatic N) is 2. The minimum absolute atomic E-state index is 0.0356. The normalized spacial score (nSPS) is 10.0. The highest BCUT2D eigenvalue weighted by atomic mass is 16.6. The fourth-order valence-corrected chi connectivity index (χ4v) is 1.72. The third-order valence-electron chi connectivity index (χ3n) is 2.67. The average Bonchev–Trinajstić information content (AvgIpc) is 2.46. The molecule has 0 radical (unpaired) electrons. The zero-order chi connectivity index (χ0) is 14.7. The second-order valence-electron chi connectivity index (χ2n) is 3.91. The first-order valence-electron chi connectivity index (χ1n) is 5.53. The maximum Gasteiger partial charge on any atom is 0.346 e. The smallest absolute Gasteiger partial charge is 0.289 e. The van der Waals surface area contributed by atoms with Crippen molar-refractivity contribution in [3.8, 4) is 0 Å². The minimum Gasteiger partial charge on any atom is -0.289 e. The fraction of sp³-hybridized carbons (Fsp3) is 0. The van der Waals surface area contributed by atoms with Crippen LogP contribution in [-0.4, -0.2) is 15.6 Å². The van der Waals surface area contributed by atoms with E-state index in [1.165, 1.54) is 6.07 Å². The van der Waals surface area contributed by atoms with Gasteiger partial charge in [0.15, 0.2) is 5.78 Å². The van der Waals surface area contributed by atoms with Gasteiger partial charge in [0.1, 0.15) is 0 Å². The van der Waals surface area contributed by atoms with Gasteiger partial charge in [0.05, 0.1) is 9.85 Å². The molecule has 0 saturated carbocycles. The summed E-state index contributed by atoms with van der Waals surface area (Å²) in [6.45, 7) is 0. The molecule has 0 aliphatic rings. The van der Waals surface area contributed by atoms with Crippen LogP contribution in [-0.2, 0) is 0 Å². The predicted molar refractivity (Wildman–Crippen MR) is 69.6 cm³/mol. The molecule has 100 valence electrons. The SMILES string of the molecule is O=C(c1ccccc1)c1ccc([N+](=O)[O-])c([N+](=O)[O-])c1. The van der Waals surface area contributed by atoms with Crippen molar-refractivity contribution in [2.45, 2.75) is 0 Å². The maximum absolute atomic E-state index is 12.1. The van der Waals surface area contributed by atoms with Crippen molar-refractivity contribution in [1.82, 2.24) is 0 Å². The molecule has 7 nitrogen and oxygen atoms in total. The lowest BCUT2D eigenvalue weighted by Gasteiger charge is -2.01. The molecule has 0 heterocycles. The molecular weight excluding hydrogens is 264 g/mol. The Morgan fingerprint density at radius 3 is 1.95 bits per heavy atom. The second kappa shape index (κ2) is 5.27. The molecule has 0 saturated heterocycles. The van der Waals surface area contributed by atoms with Gasteiger partial charge >= 0.3 is 11.4 Å². The summed E-state index contributed by atoms with van der Waals surface area (Å²) >= 11 is 0. The lowest BCUT2D eigenvalue weighted by molar-refractivity contribution is -0.422. The second-order valence-corrected chi connectivity index (χ2v) is 3.91. The Kier molecular flexibility index (Phi) is 3.52. The van der Waals surface area contributed by atoms with E-state index in [4.69, 9.17) is 0 Å². The molecule has 2 aromatic carbocycles. The first-order chi connectivity index (χ1) is 9.50. The zero-order valence-corrected chi connectivity index (χ0v) is 10.1. The van der Waals surface area contributed by atoms with Crippen LogP contribution in [0.1, 0.15) is 15.9 Å². The van der Waals surface area contributed by atoms with Gasteiger partial charge in [-0.15, -0.1) is 0 Å². The number of rotatable bonds is 4. The van der Waals surface area contributed by atoms with E-state index in [0.717, 1.165) is 12.1 Å². The topological polar surface area (TPSA) is 103 Å². The molecule has 0 aromatic heterocycles. The van der Waals surface area contributed by atoms with Crippen molar-refractivity contribution >= 4 is 17.2 Å². The molecule has 0 amide bonds. The van der Waals surface area contributed by atoms with Gasteiger partial charge in [-0.2, -0.15) is 0 Å². The van der Waals surface area contributed by atoms with Crippen LogP contribution in [0.2, 0.25) is 0 Å². The first-order valence-corrected chi connectivity index (χ1v) is 5.53.